The van der Waals surface area contributed by atoms with Gasteiger partial charge >= 0.3 is 0 Å². The smallest absolute Gasteiger partial charge is 0.0383 e. The highest BCUT2D eigenvalue weighted by Crippen LogP contribution is 2.21. The molecule has 1 fully saturated rings. The van der Waals surface area contributed by atoms with E-state index in [2.05, 4.69) is 13.3 Å². The molecule has 0 N–H and O–H groups in total. The van der Waals surface area contributed by atoms with Gasteiger partial charge in [0.2, 0.25) is 0 Å². The minimum Gasteiger partial charge on any atom is -0.0625 e. The lowest BCUT2D eigenvalue weighted by Crippen LogP contribution is -1.78. The van der Waals surface area contributed by atoms with Crippen molar-refractivity contribution in [2.45, 2.75) is 26.2 Å². The maximum absolute atomic E-state index is 2.38. The largest absolute Gasteiger partial charge is 0.0625 e. The van der Waals surface area contributed by atoms with Crippen LogP contribution in [0.2, 0.25) is 0 Å². The molecule has 0 bridgehead atoms. The van der Waals surface area contributed by atoms with Gasteiger partial charge in [0.25, 0.3) is 0 Å². The molecule has 0 spiro atoms. The Kier molecular flexibility index (Phi) is 1.13. The zero-order chi connectivity index (χ0) is 4.41. The third-order valence-electron chi connectivity index (χ3n) is 1.43. The normalized spacial score (nSPS) is 25.5. The average Bonchev–Trinajstić information content (AvgIpc) is 1.86. The molecule has 1 radical (unpaired) electrons. The number of rotatable bonds is 0. The van der Waals surface area contributed by atoms with E-state index in [1.807, 2.05) is 0 Å². The Balaban J connectivity index is 2.18. The Labute approximate surface area is 39.6 Å². The summed E-state index contributed by atoms with van der Waals surface area (Å²) in [7, 11) is 0. The van der Waals surface area contributed by atoms with E-state index in [0.717, 1.165) is 5.92 Å². The van der Waals surface area contributed by atoms with Gasteiger partial charge in [-0.05, 0) is 25.2 Å². The van der Waals surface area contributed by atoms with Crippen molar-refractivity contribution in [3.05, 3.63) is 6.42 Å². The topological polar surface area (TPSA) is 0 Å². The fourth-order valence-corrected chi connectivity index (χ4v) is 0.923. The zero-order valence-corrected chi connectivity index (χ0v) is 4.28. The van der Waals surface area contributed by atoms with Crippen LogP contribution in [0, 0.1) is 12.3 Å². The minimum absolute atomic E-state index is 0.991. The summed E-state index contributed by atoms with van der Waals surface area (Å²) in [5.41, 5.74) is 0. The Morgan fingerprint density at radius 3 is 2.67 bits per heavy atom. The molecule has 0 aromatic heterocycles. The maximum atomic E-state index is 2.38. The highest BCUT2D eigenvalue weighted by atomic mass is 14.1. The van der Waals surface area contributed by atoms with Crippen molar-refractivity contribution < 1.29 is 0 Å². The van der Waals surface area contributed by atoms with E-state index < -0.39 is 0 Å². The summed E-state index contributed by atoms with van der Waals surface area (Å²) in [6.45, 7) is 2.31. The maximum Gasteiger partial charge on any atom is -0.0383 e. The van der Waals surface area contributed by atoms with Crippen LogP contribution in [0.5, 0.6) is 0 Å². The van der Waals surface area contributed by atoms with Crippen LogP contribution < -0.4 is 0 Å². The molecule has 35 valence electrons. The molecular formula is C6H11. The standard InChI is InChI=1S/C6H11/c1-6-4-2-3-5-6/h2,6H,3-5H2,1H3. The lowest BCUT2D eigenvalue weighted by molar-refractivity contribution is 0.620. The Bertz CT molecular complexity index is 33.3. The Hall–Kier alpha value is 0. The van der Waals surface area contributed by atoms with Gasteiger partial charge < -0.3 is 0 Å². The van der Waals surface area contributed by atoms with Crippen LogP contribution >= 0.6 is 0 Å². The van der Waals surface area contributed by atoms with Gasteiger partial charge in [0.05, 0.1) is 0 Å². The van der Waals surface area contributed by atoms with Crippen molar-refractivity contribution >= 4 is 0 Å². The van der Waals surface area contributed by atoms with Crippen LogP contribution in [0.3, 0.4) is 0 Å². The van der Waals surface area contributed by atoms with E-state index in [-0.39, 0.29) is 0 Å². The highest BCUT2D eigenvalue weighted by Gasteiger charge is 2.07. The van der Waals surface area contributed by atoms with Crippen molar-refractivity contribution in [2.75, 3.05) is 0 Å². The van der Waals surface area contributed by atoms with Crippen LogP contribution in [0.4, 0.5) is 0 Å². The van der Waals surface area contributed by atoms with E-state index in [1.54, 1.807) is 0 Å². The van der Waals surface area contributed by atoms with E-state index in [0.29, 0.717) is 0 Å². The summed E-state index contributed by atoms with van der Waals surface area (Å²) in [4.78, 5) is 0. The monoisotopic (exact) mass is 83.1 g/mol. The molecule has 1 aliphatic rings. The van der Waals surface area contributed by atoms with Crippen molar-refractivity contribution in [2.24, 2.45) is 5.92 Å². The Morgan fingerprint density at radius 2 is 2.50 bits per heavy atom. The number of hydrogen-bond acceptors (Lipinski definition) is 0. The molecule has 0 saturated heterocycles. The van der Waals surface area contributed by atoms with Gasteiger partial charge in [0, 0.05) is 0 Å². The second-order valence-electron chi connectivity index (χ2n) is 2.21. The molecule has 0 heteroatoms. The molecule has 0 nitrogen and oxygen atoms in total. The third kappa shape index (κ3) is 0.735. The fourth-order valence-electron chi connectivity index (χ4n) is 0.923. The van der Waals surface area contributed by atoms with Crippen LogP contribution in [-0.2, 0) is 0 Å². The van der Waals surface area contributed by atoms with Gasteiger partial charge in [-0.1, -0.05) is 13.3 Å². The first-order valence-corrected chi connectivity index (χ1v) is 2.71. The van der Waals surface area contributed by atoms with Crippen LogP contribution in [0.25, 0.3) is 0 Å². The second-order valence-corrected chi connectivity index (χ2v) is 2.21. The van der Waals surface area contributed by atoms with E-state index in [1.165, 1.54) is 19.3 Å². The van der Waals surface area contributed by atoms with Crippen molar-refractivity contribution in [1.82, 2.24) is 0 Å². The van der Waals surface area contributed by atoms with Gasteiger partial charge in [-0.3, -0.25) is 0 Å². The predicted molar refractivity (Wildman–Crippen MR) is 27.3 cm³/mol. The fraction of sp³-hybridized carbons (Fsp3) is 0.833. The summed E-state index contributed by atoms with van der Waals surface area (Å²) < 4.78 is 0. The van der Waals surface area contributed by atoms with Crippen LogP contribution in [0.1, 0.15) is 26.2 Å². The lowest BCUT2D eigenvalue weighted by atomic mass is 10.2. The quantitative estimate of drug-likeness (QED) is 0.420. The molecule has 0 heterocycles. The average molecular weight is 83.2 g/mol. The van der Waals surface area contributed by atoms with Crippen LogP contribution in [0.15, 0.2) is 0 Å². The van der Waals surface area contributed by atoms with Gasteiger partial charge in [-0.25, -0.2) is 0 Å². The molecule has 0 aliphatic heterocycles. The molecular weight excluding hydrogens is 72.1 g/mol. The van der Waals surface area contributed by atoms with E-state index >= 15 is 0 Å². The van der Waals surface area contributed by atoms with E-state index in [9.17, 15) is 0 Å². The first-order valence-electron chi connectivity index (χ1n) is 2.71. The molecule has 6 heavy (non-hydrogen) atoms. The lowest BCUT2D eigenvalue weighted by Gasteiger charge is -1.91. The van der Waals surface area contributed by atoms with Crippen LogP contribution in [-0.4, -0.2) is 0 Å². The van der Waals surface area contributed by atoms with Crippen molar-refractivity contribution in [3.63, 3.8) is 0 Å². The molecule has 1 atom stereocenters. The summed E-state index contributed by atoms with van der Waals surface area (Å²) >= 11 is 0. The summed E-state index contributed by atoms with van der Waals surface area (Å²) in [5.74, 6) is 0.991. The summed E-state index contributed by atoms with van der Waals surface area (Å²) in [6.07, 6.45) is 6.53. The number of hydrogen-bond donors (Lipinski definition) is 0. The predicted octanol–water partition coefficient (Wildman–Crippen LogP) is 2.01. The molecule has 1 unspecified atom stereocenters. The first kappa shape index (κ1) is 4.17. The molecule has 0 amide bonds. The molecule has 0 aromatic rings. The SMILES string of the molecule is CC1C[CH]CC1. The molecule has 1 rings (SSSR count). The summed E-state index contributed by atoms with van der Waals surface area (Å²) in [5, 5.41) is 0. The van der Waals surface area contributed by atoms with Crippen molar-refractivity contribution in [3.8, 4) is 0 Å². The molecule has 1 saturated carbocycles. The van der Waals surface area contributed by atoms with E-state index in [4.69, 9.17) is 0 Å². The van der Waals surface area contributed by atoms with Gasteiger partial charge in [0.1, 0.15) is 0 Å². The Morgan fingerprint density at radius 1 is 1.67 bits per heavy atom. The summed E-state index contributed by atoms with van der Waals surface area (Å²) in [6, 6.07) is 0. The van der Waals surface area contributed by atoms with Gasteiger partial charge in [0.15, 0.2) is 0 Å². The zero-order valence-electron chi connectivity index (χ0n) is 4.28. The van der Waals surface area contributed by atoms with Gasteiger partial charge in [-0.2, -0.15) is 0 Å². The minimum atomic E-state index is 0.991. The second kappa shape index (κ2) is 1.63. The molecule has 1 aliphatic carbocycles. The highest BCUT2D eigenvalue weighted by molar-refractivity contribution is 4.77. The third-order valence-corrected chi connectivity index (χ3v) is 1.43. The first-order chi connectivity index (χ1) is 2.89. The van der Waals surface area contributed by atoms with Crippen molar-refractivity contribution in [1.29, 1.82) is 0 Å². The van der Waals surface area contributed by atoms with Gasteiger partial charge in [-0.15, -0.1) is 0 Å². The molecule has 0 aromatic carbocycles.